The highest BCUT2D eigenvalue weighted by molar-refractivity contribution is 6.39. The van der Waals surface area contributed by atoms with Gasteiger partial charge in [-0.2, -0.15) is 0 Å². The molecule has 0 bridgehead atoms. The molecule has 1 aliphatic heterocycles. The Balaban J connectivity index is 2.29. The minimum atomic E-state index is 0.0197. The second-order valence-electron chi connectivity index (χ2n) is 5.82. The summed E-state index contributed by atoms with van der Waals surface area (Å²) in [6.07, 6.45) is 1.06. The lowest BCUT2D eigenvalue weighted by Gasteiger charge is -2.25. The second kappa shape index (κ2) is 6.03. The number of aromatic nitrogens is 1. The van der Waals surface area contributed by atoms with E-state index in [0.717, 1.165) is 35.3 Å². The van der Waals surface area contributed by atoms with Gasteiger partial charge in [0.2, 0.25) is 0 Å². The molecule has 2 aromatic rings. The predicted octanol–water partition coefficient (Wildman–Crippen LogP) is 2.65. The molecule has 1 atom stereocenters. The van der Waals surface area contributed by atoms with E-state index in [4.69, 9.17) is 27.8 Å². The third-order valence-electron chi connectivity index (χ3n) is 4.24. The normalized spacial score (nSPS) is 16.5. The number of pyridine rings is 1. The van der Waals surface area contributed by atoms with Gasteiger partial charge in [0.05, 0.1) is 39.9 Å². The average Bonchev–Trinajstić information content (AvgIpc) is 2.81. The van der Waals surface area contributed by atoms with Crippen LogP contribution in [0.5, 0.6) is 0 Å². The summed E-state index contributed by atoms with van der Waals surface area (Å²) in [6, 6.07) is 2.05. The Bertz CT molecular complexity index is 764. The van der Waals surface area contributed by atoms with Crippen LogP contribution in [0.15, 0.2) is 6.07 Å². The maximum atomic E-state index is 6.34. The predicted molar refractivity (Wildman–Crippen MR) is 95.7 cm³/mol. The van der Waals surface area contributed by atoms with Crippen LogP contribution < -0.4 is 21.7 Å². The Labute approximate surface area is 140 Å². The zero-order valence-electron chi connectivity index (χ0n) is 13.6. The molecule has 0 radical (unpaired) electrons. The lowest BCUT2D eigenvalue weighted by atomic mass is 10.1. The van der Waals surface area contributed by atoms with E-state index < -0.39 is 0 Å². The summed E-state index contributed by atoms with van der Waals surface area (Å²) in [7, 11) is 3.65. The molecule has 124 valence electrons. The third-order valence-corrected chi connectivity index (χ3v) is 4.64. The Morgan fingerprint density at radius 1 is 1.39 bits per heavy atom. The van der Waals surface area contributed by atoms with Gasteiger partial charge in [0.1, 0.15) is 6.17 Å². The molecule has 2 heterocycles. The molecule has 7 heteroatoms. The first kappa shape index (κ1) is 16.1. The molecular weight excluding hydrogens is 314 g/mol. The molecule has 0 fully saturated rings. The number of nitrogens with zero attached hydrogens (tertiary/aromatic N) is 2. The molecule has 3 rings (SSSR count). The van der Waals surface area contributed by atoms with Crippen LogP contribution in [0.1, 0.15) is 30.8 Å². The van der Waals surface area contributed by atoms with Crippen molar-refractivity contribution in [3.05, 3.63) is 22.3 Å². The molecule has 23 heavy (non-hydrogen) atoms. The van der Waals surface area contributed by atoms with Crippen molar-refractivity contribution < 1.29 is 4.74 Å². The van der Waals surface area contributed by atoms with Crippen LogP contribution in [0.25, 0.3) is 10.9 Å². The van der Waals surface area contributed by atoms with E-state index in [0.29, 0.717) is 28.5 Å². The lowest BCUT2D eigenvalue weighted by Crippen LogP contribution is -2.33. The molecule has 0 amide bonds. The Morgan fingerprint density at radius 2 is 2.13 bits per heavy atom. The number of ether oxygens (including phenoxy) is 1. The van der Waals surface area contributed by atoms with Crippen LogP contribution in [-0.2, 0) is 11.3 Å². The van der Waals surface area contributed by atoms with Gasteiger partial charge in [0, 0.05) is 25.1 Å². The van der Waals surface area contributed by atoms with Gasteiger partial charge in [0.15, 0.2) is 0 Å². The van der Waals surface area contributed by atoms with Crippen LogP contribution in [0.2, 0.25) is 5.02 Å². The van der Waals surface area contributed by atoms with Crippen molar-refractivity contribution in [2.45, 2.75) is 26.1 Å². The standard InChI is InChI=1S/C16H22ClN5O/c1-4-5-20-16-9-6-8(7-23-3)21-14-10(9)15(22(16)2)13(19)11(17)12(14)18/h6,16,20H,4-5,7,18-19H2,1-3H3. The summed E-state index contributed by atoms with van der Waals surface area (Å²) in [5.74, 6) is 0. The minimum absolute atomic E-state index is 0.0197. The number of hydrogen-bond acceptors (Lipinski definition) is 6. The first-order valence-corrected chi connectivity index (χ1v) is 8.04. The van der Waals surface area contributed by atoms with Gasteiger partial charge in [-0.15, -0.1) is 0 Å². The summed E-state index contributed by atoms with van der Waals surface area (Å²) in [4.78, 5) is 6.74. The van der Waals surface area contributed by atoms with Crippen molar-refractivity contribution in [2.24, 2.45) is 0 Å². The number of nitrogen functional groups attached to an aromatic ring is 2. The molecular formula is C16H22ClN5O. The van der Waals surface area contributed by atoms with Crippen molar-refractivity contribution in [1.82, 2.24) is 10.3 Å². The number of methoxy groups -OCH3 is 1. The highest BCUT2D eigenvalue weighted by atomic mass is 35.5. The first-order chi connectivity index (χ1) is 11.0. The summed E-state index contributed by atoms with van der Waals surface area (Å²) < 4.78 is 5.24. The van der Waals surface area contributed by atoms with Crippen LogP contribution in [0.3, 0.4) is 0 Å². The minimum Gasteiger partial charge on any atom is -0.396 e. The number of rotatable bonds is 5. The average molecular weight is 336 g/mol. The molecule has 1 aromatic carbocycles. The number of hydrogen-bond donors (Lipinski definition) is 3. The summed E-state index contributed by atoms with van der Waals surface area (Å²) in [5, 5.41) is 4.88. The van der Waals surface area contributed by atoms with Gasteiger partial charge < -0.3 is 21.1 Å². The number of nitrogens with two attached hydrogens (primary N) is 2. The Hall–Kier alpha value is -1.76. The van der Waals surface area contributed by atoms with E-state index in [1.54, 1.807) is 7.11 Å². The summed E-state index contributed by atoms with van der Waals surface area (Å²) >= 11 is 6.34. The van der Waals surface area contributed by atoms with Crippen molar-refractivity contribution in [3.8, 4) is 0 Å². The van der Waals surface area contributed by atoms with Crippen molar-refractivity contribution in [1.29, 1.82) is 0 Å². The number of benzene rings is 1. The fraction of sp³-hybridized carbons (Fsp3) is 0.438. The molecule has 6 nitrogen and oxygen atoms in total. The molecule has 0 saturated carbocycles. The van der Waals surface area contributed by atoms with E-state index in [2.05, 4.69) is 28.2 Å². The molecule has 1 aromatic heterocycles. The third kappa shape index (κ3) is 2.38. The Morgan fingerprint density at radius 3 is 2.78 bits per heavy atom. The molecule has 1 unspecified atom stereocenters. The fourth-order valence-electron chi connectivity index (χ4n) is 3.22. The smallest absolute Gasteiger partial charge is 0.106 e. The quantitative estimate of drug-likeness (QED) is 0.728. The maximum Gasteiger partial charge on any atom is 0.106 e. The van der Waals surface area contributed by atoms with Gasteiger partial charge in [-0.05, 0) is 19.0 Å². The van der Waals surface area contributed by atoms with Crippen LogP contribution in [0, 0.1) is 0 Å². The van der Waals surface area contributed by atoms with Gasteiger partial charge in [-0.3, -0.25) is 5.32 Å². The highest BCUT2D eigenvalue weighted by Gasteiger charge is 2.33. The topological polar surface area (TPSA) is 89.4 Å². The van der Waals surface area contributed by atoms with E-state index in [1.807, 2.05) is 7.05 Å². The van der Waals surface area contributed by atoms with Crippen molar-refractivity contribution in [3.63, 3.8) is 0 Å². The first-order valence-electron chi connectivity index (χ1n) is 7.66. The molecule has 1 aliphatic rings. The number of halogens is 1. The van der Waals surface area contributed by atoms with Crippen LogP contribution in [-0.4, -0.2) is 25.7 Å². The Kier molecular flexibility index (Phi) is 4.23. The SMILES string of the molecule is CCCNC1c2cc(COC)nc3c(N)c(Cl)c(N)c(c23)N1C. The summed E-state index contributed by atoms with van der Waals surface area (Å²) in [5.41, 5.74) is 16.9. The van der Waals surface area contributed by atoms with E-state index in [9.17, 15) is 0 Å². The van der Waals surface area contributed by atoms with Gasteiger partial charge in [-0.1, -0.05) is 18.5 Å². The van der Waals surface area contributed by atoms with E-state index in [1.165, 1.54) is 0 Å². The molecule has 0 aliphatic carbocycles. The zero-order chi connectivity index (χ0) is 16.7. The van der Waals surface area contributed by atoms with Crippen LogP contribution >= 0.6 is 11.6 Å². The van der Waals surface area contributed by atoms with Crippen molar-refractivity contribution >= 4 is 39.6 Å². The lowest BCUT2D eigenvalue weighted by molar-refractivity contribution is 0.181. The largest absolute Gasteiger partial charge is 0.396 e. The molecule has 0 saturated heterocycles. The van der Waals surface area contributed by atoms with Gasteiger partial charge >= 0.3 is 0 Å². The van der Waals surface area contributed by atoms with Crippen molar-refractivity contribution in [2.75, 3.05) is 37.1 Å². The van der Waals surface area contributed by atoms with Gasteiger partial charge in [-0.25, -0.2) is 4.98 Å². The number of anilines is 3. The fourth-order valence-corrected chi connectivity index (χ4v) is 3.40. The van der Waals surface area contributed by atoms with E-state index >= 15 is 0 Å². The number of nitrogens with one attached hydrogen (secondary N) is 1. The van der Waals surface area contributed by atoms with Gasteiger partial charge in [0.25, 0.3) is 0 Å². The molecule has 5 N–H and O–H groups in total. The van der Waals surface area contributed by atoms with Crippen LogP contribution in [0.4, 0.5) is 17.1 Å². The second-order valence-corrected chi connectivity index (χ2v) is 6.19. The molecule has 0 spiro atoms. The zero-order valence-corrected chi connectivity index (χ0v) is 14.4. The maximum absolute atomic E-state index is 6.34. The summed E-state index contributed by atoms with van der Waals surface area (Å²) in [6.45, 7) is 3.45. The highest BCUT2D eigenvalue weighted by Crippen LogP contribution is 2.50. The monoisotopic (exact) mass is 335 g/mol. The van der Waals surface area contributed by atoms with E-state index in [-0.39, 0.29) is 6.17 Å².